The molecular formula is C22H20N8OS. The number of hydrogen-bond acceptors (Lipinski definition) is 8. The first-order chi connectivity index (χ1) is 15.6. The second-order valence-electron chi connectivity index (χ2n) is 7.38. The highest BCUT2D eigenvalue weighted by molar-refractivity contribution is 7.99. The van der Waals surface area contributed by atoms with Crippen LogP contribution in [0.15, 0.2) is 70.8 Å². The average Bonchev–Trinajstić information content (AvgIpc) is 3.46. The van der Waals surface area contributed by atoms with E-state index < -0.39 is 0 Å². The number of rotatable bonds is 6. The van der Waals surface area contributed by atoms with Gasteiger partial charge < -0.3 is 4.74 Å². The van der Waals surface area contributed by atoms with Gasteiger partial charge in [0.1, 0.15) is 10.8 Å². The van der Waals surface area contributed by atoms with Gasteiger partial charge in [-0.1, -0.05) is 32.0 Å². The molecule has 0 amide bonds. The van der Waals surface area contributed by atoms with Crippen LogP contribution in [-0.4, -0.2) is 47.1 Å². The quantitative estimate of drug-likeness (QED) is 0.387. The fourth-order valence-corrected chi connectivity index (χ4v) is 4.24. The summed E-state index contributed by atoms with van der Waals surface area (Å²) in [5, 5.41) is 26.4. The van der Waals surface area contributed by atoms with E-state index in [2.05, 4.69) is 67.4 Å². The van der Waals surface area contributed by atoms with Gasteiger partial charge in [0.25, 0.3) is 0 Å². The first kappa shape index (κ1) is 20.1. The van der Waals surface area contributed by atoms with E-state index in [0.717, 1.165) is 22.8 Å². The van der Waals surface area contributed by atoms with Crippen LogP contribution in [0.25, 0.3) is 22.7 Å². The maximum Gasteiger partial charge on any atom is 0.202 e. The molecule has 0 saturated heterocycles. The third-order valence-corrected chi connectivity index (χ3v) is 5.90. The number of tetrazole rings is 1. The van der Waals surface area contributed by atoms with Crippen molar-refractivity contribution in [2.24, 2.45) is 0 Å². The molecule has 9 nitrogen and oxygen atoms in total. The molecule has 5 rings (SSSR count). The summed E-state index contributed by atoms with van der Waals surface area (Å²) in [6, 6.07) is 19.8. The van der Waals surface area contributed by atoms with Crippen molar-refractivity contribution in [2.45, 2.75) is 29.9 Å². The first-order valence-electron chi connectivity index (χ1n) is 10.1. The molecule has 0 aliphatic carbocycles. The summed E-state index contributed by atoms with van der Waals surface area (Å²) < 4.78 is 8.78. The van der Waals surface area contributed by atoms with E-state index in [1.165, 1.54) is 22.0 Å². The highest BCUT2D eigenvalue weighted by atomic mass is 32.2. The van der Waals surface area contributed by atoms with Crippen molar-refractivity contribution in [1.82, 2.24) is 40.0 Å². The van der Waals surface area contributed by atoms with Gasteiger partial charge in [-0.05, 0) is 76.1 Å². The largest absolute Gasteiger partial charge is 0.497 e. The molecule has 0 bridgehead atoms. The molecular weight excluding hydrogens is 424 g/mol. The fraction of sp³-hybridized carbons (Fsp3) is 0.182. The molecule has 3 heterocycles. The molecule has 0 fully saturated rings. The van der Waals surface area contributed by atoms with Crippen molar-refractivity contribution in [3.8, 4) is 22.8 Å². The van der Waals surface area contributed by atoms with E-state index in [-0.39, 0.29) is 0 Å². The third kappa shape index (κ3) is 3.69. The van der Waals surface area contributed by atoms with Crippen LogP contribution >= 0.6 is 11.8 Å². The van der Waals surface area contributed by atoms with Crippen LogP contribution < -0.4 is 4.74 Å². The zero-order chi connectivity index (χ0) is 22.1. The Hall–Kier alpha value is -3.79. The lowest BCUT2D eigenvalue weighted by Gasteiger charge is -2.17. The van der Waals surface area contributed by atoms with E-state index in [9.17, 15) is 0 Å². The molecule has 10 heteroatoms. The Morgan fingerprint density at radius 2 is 1.72 bits per heavy atom. The van der Waals surface area contributed by atoms with Crippen molar-refractivity contribution in [2.75, 3.05) is 7.11 Å². The lowest BCUT2D eigenvalue weighted by molar-refractivity contribution is 0.415. The summed E-state index contributed by atoms with van der Waals surface area (Å²) in [5.74, 6) is 1.86. The zero-order valence-corrected chi connectivity index (χ0v) is 18.6. The van der Waals surface area contributed by atoms with Crippen LogP contribution in [0.1, 0.15) is 25.3 Å². The smallest absolute Gasteiger partial charge is 0.202 e. The van der Waals surface area contributed by atoms with E-state index in [0.29, 0.717) is 21.7 Å². The average molecular weight is 445 g/mol. The number of hydrogen-bond donors (Lipinski definition) is 0. The van der Waals surface area contributed by atoms with Crippen LogP contribution in [0, 0.1) is 0 Å². The van der Waals surface area contributed by atoms with Gasteiger partial charge in [-0.25, -0.2) is 0 Å². The van der Waals surface area contributed by atoms with Crippen molar-refractivity contribution in [3.05, 3.63) is 66.2 Å². The number of ether oxygens (including phenoxy) is 1. The van der Waals surface area contributed by atoms with E-state index in [4.69, 9.17) is 4.74 Å². The second-order valence-corrected chi connectivity index (χ2v) is 8.37. The Balaban J connectivity index is 1.65. The number of benzene rings is 2. The van der Waals surface area contributed by atoms with Crippen LogP contribution in [0.5, 0.6) is 5.75 Å². The van der Waals surface area contributed by atoms with Gasteiger partial charge in [0.05, 0.1) is 12.8 Å². The van der Waals surface area contributed by atoms with Crippen LogP contribution in [0.3, 0.4) is 0 Å². The number of fused-ring (bicyclic) bond motifs is 1. The molecule has 0 aliphatic heterocycles. The highest BCUT2D eigenvalue weighted by Crippen LogP contribution is 2.34. The number of aromatic nitrogens is 8. The molecule has 2 aromatic carbocycles. The summed E-state index contributed by atoms with van der Waals surface area (Å²) >= 11 is 1.41. The molecule has 0 spiro atoms. The highest BCUT2D eigenvalue weighted by Gasteiger charge is 2.20. The molecule has 160 valence electrons. The van der Waals surface area contributed by atoms with Gasteiger partial charge in [0, 0.05) is 5.56 Å². The molecule has 3 aromatic heterocycles. The van der Waals surface area contributed by atoms with Gasteiger partial charge in [0.2, 0.25) is 5.16 Å². The fourth-order valence-electron chi connectivity index (χ4n) is 3.44. The Morgan fingerprint density at radius 3 is 2.50 bits per heavy atom. The Morgan fingerprint density at radius 1 is 0.906 bits per heavy atom. The topological polar surface area (TPSA) is 95.9 Å². The van der Waals surface area contributed by atoms with Crippen molar-refractivity contribution < 1.29 is 4.74 Å². The third-order valence-electron chi connectivity index (χ3n) is 5.02. The lowest BCUT2D eigenvalue weighted by atomic mass is 10.0. The molecule has 0 aliphatic rings. The summed E-state index contributed by atoms with van der Waals surface area (Å²) in [6.07, 6.45) is 0. The van der Waals surface area contributed by atoms with Gasteiger partial charge in [-0.15, -0.1) is 25.0 Å². The molecule has 0 radical (unpaired) electrons. The number of methoxy groups -OCH3 is 1. The molecule has 0 unspecified atom stereocenters. The number of para-hydroxylation sites is 1. The van der Waals surface area contributed by atoms with Crippen LogP contribution in [0.4, 0.5) is 0 Å². The zero-order valence-electron chi connectivity index (χ0n) is 17.7. The summed E-state index contributed by atoms with van der Waals surface area (Å²) in [5.41, 5.74) is 3.75. The Kier molecular flexibility index (Phi) is 5.28. The molecule has 0 atom stereocenters. The molecule has 5 aromatic rings. The van der Waals surface area contributed by atoms with Crippen molar-refractivity contribution in [3.63, 3.8) is 0 Å². The van der Waals surface area contributed by atoms with E-state index in [1.807, 2.05) is 42.5 Å². The van der Waals surface area contributed by atoms with Gasteiger partial charge in [-0.3, -0.25) is 4.57 Å². The maximum atomic E-state index is 5.31. The first-order valence-corrected chi connectivity index (χ1v) is 10.9. The van der Waals surface area contributed by atoms with Crippen LogP contribution in [0.2, 0.25) is 0 Å². The Bertz CT molecular complexity index is 1380. The Labute approximate surface area is 188 Å². The van der Waals surface area contributed by atoms with E-state index >= 15 is 0 Å². The summed E-state index contributed by atoms with van der Waals surface area (Å²) in [7, 11) is 1.65. The minimum atomic E-state index is 0.325. The molecule has 0 N–H and O–H groups in total. The molecule has 0 saturated carbocycles. The predicted octanol–water partition coefficient (Wildman–Crippen LogP) is 4.05. The van der Waals surface area contributed by atoms with Gasteiger partial charge >= 0.3 is 0 Å². The number of nitrogens with zero attached hydrogens (tertiary/aromatic N) is 8. The summed E-state index contributed by atoms with van der Waals surface area (Å²) in [4.78, 5) is 0. The van der Waals surface area contributed by atoms with Gasteiger partial charge in [0.15, 0.2) is 11.5 Å². The van der Waals surface area contributed by atoms with E-state index in [1.54, 1.807) is 7.11 Å². The summed E-state index contributed by atoms with van der Waals surface area (Å²) in [6.45, 7) is 4.35. The standard InChI is InChI=1S/C22H20N8OS/c1-14(2)17-6-4-5-7-18(17)29-21(15-8-10-16(31-3)11-9-15)24-25-22(29)32-20-13-12-19-23-27-28-30(19)26-20/h4-14H,1-3H3. The maximum absolute atomic E-state index is 5.31. The predicted molar refractivity (Wildman–Crippen MR) is 120 cm³/mol. The second kappa shape index (κ2) is 8.39. The van der Waals surface area contributed by atoms with Crippen molar-refractivity contribution in [1.29, 1.82) is 0 Å². The monoisotopic (exact) mass is 444 g/mol. The van der Waals surface area contributed by atoms with Gasteiger partial charge in [-0.2, -0.15) is 0 Å². The van der Waals surface area contributed by atoms with Crippen LogP contribution in [-0.2, 0) is 0 Å². The minimum Gasteiger partial charge on any atom is -0.497 e. The normalized spacial score (nSPS) is 11.4. The lowest BCUT2D eigenvalue weighted by Crippen LogP contribution is -2.05. The molecule has 32 heavy (non-hydrogen) atoms. The van der Waals surface area contributed by atoms with Crippen molar-refractivity contribution >= 4 is 17.4 Å². The minimum absolute atomic E-state index is 0.325. The SMILES string of the molecule is COc1ccc(-c2nnc(Sc3ccc4nnnn4n3)n2-c2ccccc2C(C)C)cc1.